The summed E-state index contributed by atoms with van der Waals surface area (Å²) >= 11 is 0. The van der Waals surface area contributed by atoms with Crippen molar-refractivity contribution >= 4 is 22.6 Å². The quantitative estimate of drug-likeness (QED) is 0.724. The fourth-order valence-electron chi connectivity index (χ4n) is 3.19. The molecule has 0 aliphatic rings. The minimum atomic E-state index is -0.210. The van der Waals surface area contributed by atoms with E-state index in [4.69, 9.17) is 4.42 Å². The summed E-state index contributed by atoms with van der Waals surface area (Å²) in [5.74, 6) is 0.174. The maximum Gasteiger partial charge on any atom is 0.291 e. The van der Waals surface area contributed by atoms with Gasteiger partial charge in [0.15, 0.2) is 5.76 Å². The van der Waals surface area contributed by atoms with E-state index in [-0.39, 0.29) is 5.91 Å². The van der Waals surface area contributed by atoms with Crippen molar-refractivity contribution in [3.63, 3.8) is 0 Å². The van der Waals surface area contributed by atoms with Crippen LogP contribution in [0.2, 0.25) is 0 Å². The van der Waals surface area contributed by atoms with E-state index in [1.54, 1.807) is 0 Å². The minimum absolute atomic E-state index is 0.210. The van der Waals surface area contributed by atoms with Crippen molar-refractivity contribution < 1.29 is 9.21 Å². The zero-order valence-corrected chi connectivity index (χ0v) is 16.1. The van der Waals surface area contributed by atoms with Crippen molar-refractivity contribution in [1.29, 1.82) is 0 Å². The second-order valence-corrected chi connectivity index (χ2v) is 7.16. The summed E-state index contributed by atoms with van der Waals surface area (Å²) in [7, 11) is 4.13. The van der Waals surface area contributed by atoms with Gasteiger partial charge in [-0.15, -0.1) is 0 Å². The molecule has 0 spiro atoms. The monoisotopic (exact) mass is 350 g/mol. The van der Waals surface area contributed by atoms with E-state index < -0.39 is 0 Å². The molecule has 0 saturated carbocycles. The lowest BCUT2D eigenvalue weighted by atomic mass is 10.0. The third-order valence-electron chi connectivity index (χ3n) is 4.75. The first-order valence-corrected chi connectivity index (χ1v) is 8.91. The summed E-state index contributed by atoms with van der Waals surface area (Å²) in [6, 6.07) is 12.1. The Bertz CT molecular complexity index is 937. The standard InChI is InChI=1S/C22H26N2O2/c1-14-6-7-15(2)20-19(14)16(3)21(26-20)22(25)23-18-10-8-17(9-11-18)12-13-24(4)5/h6-11H,12-13H2,1-5H3,(H,23,25). The van der Waals surface area contributed by atoms with Gasteiger partial charge in [0.05, 0.1) is 0 Å². The van der Waals surface area contributed by atoms with Crippen LogP contribution >= 0.6 is 0 Å². The average Bonchev–Trinajstić information content (AvgIpc) is 2.96. The molecule has 1 aromatic heterocycles. The molecular weight excluding hydrogens is 324 g/mol. The number of aryl methyl sites for hydroxylation is 3. The molecule has 1 N–H and O–H groups in total. The third-order valence-corrected chi connectivity index (χ3v) is 4.75. The highest BCUT2D eigenvalue weighted by Crippen LogP contribution is 2.31. The number of carbonyl (C=O) groups excluding carboxylic acids is 1. The number of hydrogen-bond acceptors (Lipinski definition) is 3. The Morgan fingerprint density at radius 1 is 1.00 bits per heavy atom. The Labute approximate surface area is 154 Å². The second-order valence-electron chi connectivity index (χ2n) is 7.16. The summed E-state index contributed by atoms with van der Waals surface area (Å²) in [6.45, 7) is 6.98. The molecule has 0 bridgehead atoms. The summed E-state index contributed by atoms with van der Waals surface area (Å²) in [6.07, 6.45) is 0.989. The van der Waals surface area contributed by atoms with Crippen LogP contribution in [0, 0.1) is 20.8 Å². The first-order valence-electron chi connectivity index (χ1n) is 8.91. The normalized spacial score (nSPS) is 11.3. The number of rotatable bonds is 5. The lowest BCUT2D eigenvalue weighted by molar-refractivity contribution is 0.0998. The van der Waals surface area contributed by atoms with Crippen LogP contribution < -0.4 is 5.32 Å². The molecule has 3 rings (SSSR count). The molecule has 0 fully saturated rings. The van der Waals surface area contributed by atoms with Crippen molar-refractivity contribution in [1.82, 2.24) is 4.90 Å². The Morgan fingerprint density at radius 2 is 1.65 bits per heavy atom. The number of likely N-dealkylation sites (N-methyl/N-ethyl adjacent to an activating group) is 1. The van der Waals surface area contributed by atoms with Crippen molar-refractivity contribution in [2.24, 2.45) is 0 Å². The maximum absolute atomic E-state index is 12.7. The number of anilines is 1. The van der Waals surface area contributed by atoms with Gasteiger partial charge in [-0.25, -0.2) is 0 Å². The molecule has 26 heavy (non-hydrogen) atoms. The van der Waals surface area contributed by atoms with Crippen LogP contribution in [0.3, 0.4) is 0 Å². The summed E-state index contributed by atoms with van der Waals surface area (Å²) < 4.78 is 5.92. The zero-order valence-electron chi connectivity index (χ0n) is 16.1. The smallest absolute Gasteiger partial charge is 0.291 e. The van der Waals surface area contributed by atoms with Crippen LogP contribution in [-0.4, -0.2) is 31.4 Å². The predicted molar refractivity (Wildman–Crippen MR) is 107 cm³/mol. The van der Waals surface area contributed by atoms with Crippen LogP contribution in [0.25, 0.3) is 11.0 Å². The van der Waals surface area contributed by atoms with Crippen LogP contribution in [0.15, 0.2) is 40.8 Å². The van der Waals surface area contributed by atoms with Gasteiger partial charge in [0.1, 0.15) is 5.58 Å². The lowest BCUT2D eigenvalue weighted by Gasteiger charge is -2.10. The van der Waals surface area contributed by atoms with Crippen LogP contribution in [0.1, 0.15) is 32.8 Å². The predicted octanol–water partition coefficient (Wildman–Crippen LogP) is 4.71. The fraction of sp³-hybridized carbons (Fsp3) is 0.318. The van der Waals surface area contributed by atoms with Crippen LogP contribution in [0.5, 0.6) is 0 Å². The van der Waals surface area contributed by atoms with Crippen LogP contribution in [0.4, 0.5) is 5.69 Å². The summed E-state index contributed by atoms with van der Waals surface area (Å²) in [5, 5.41) is 3.98. The molecule has 4 heteroatoms. The highest BCUT2D eigenvalue weighted by molar-refractivity contribution is 6.07. The van der Waals surface area contributed by atoms with Gasteiger partial charge in [0, 0.05) is 23.2 Å². The Kier molecular flexibility index (Phi) is 5.14. The molecule has 1 amide bonds. The average molecular weight is 350 g/mol. The highest BCUT2D eigenvalue weighted by atomic mass is 16.3. The van der Waals surface area contributed by atoms with E-state index in [9.17, 15) is 4.79 Å². The van der Waals surface area contributed by atoms with E-state index in [0.717, 1.165) is 46.3 Å². The van der Waals surface area contributed by atoms with Crippen molar-refractivity contribution in [2.75, 3.05) is 26.0 Å². The number of furan rings is 1. The van der Waals surface area contributed by atoms with Gasteiger partial charge in [-0.3, -0.25) is 4.79 Å². The number of nitrogens with one attached hydrogen (secondary N) is 1. The minimum Gasteiger partial charge on any atom is -0.450 e. The number of fused-ring (bicyclic) bond motifs is 1. The van der Waals surface area contributed by atoms with E-state index in [1.165, 1.54) is 5.56 Å². The van der Waals surface area contributed by atoms with Gasteiger partial charge in [-0.2, -0.15) is 0 Å². The number of carbonyl (C=O) groups is 1. The molecule has 0 atom stereocenters. The Balaban J connectivity index is 1.80. The van der Waals surface area contributed by atoms with E-state index in [1.807, 2.05) is 39.0 Å². The van der Waals surface area contributed by atoms with Crippen molar-refractivity contribution in [2.45, 2.75) is 27.2 Å². The Morgan fingerprint density at radius 3 is 2.27 bits per heavy atom. The largest absolute Gasteiger partial charge is 0.450 e. The summed E-state index contributed by atoms with van der Waals surface area (Å²) in [4.78, 5) is 14.9. The zero-order chi connectivity index (χ0) is 18.8. The molecule has 0 saturated heterocycles. The van der Waals surface area contributed by atoms with Gasteiger partial charge in [0.25, 0.3) is 5.91 Å². The molecule has 0 aliphatic carbocycles. The van der Waals surface area contributed by atoms with E-state index in [2.05, 4.69) is 42.5 Å². The molecule has 1 heterocycles. The second kappa shape index (κ2) is 7.34. The van der Waals surface area contributed by atoms with Gasteiger partial charge < -0.3 is 14.6 Å². The van der Waals surface area contributed by atoms with Gasteiger partial charge in [0.2, 0.25) is 0 Å². The molecule has 0 aliphatic heterocycles. The molecule has 2 aromatic carbocycles. The molecule has 136 valence electrons. The van der Waals surface area contributed by atoms with Crippen molar-refractivity contribution in [3.8, 4) is 0 Å². The number of amides is 1. The third kappa shape index (κ3) is 3.65. The van der Waals surface area contributed by atoms with E-state index in [0.29, 0.717) is 5.76 Å². The Hall–Kier alpha value is -2.59. The first-order chi connectivity index (χ1) is 12.4. The first kappa shape index (κ1) is 18.2. The van der Waals surface area contributed by atoms with Gasteiger partial charge >= 0.3 is 0 Å². The van der Waals surface area contributed by atoms with Gasteiger partial charge in [-0.1, -0.05) is 24.3 Å². The van der Waals surface area contributed by atoms with Crippen molar-refractivity contribution in [3.05, 3.63) is 64.4 Å². The number of nitrogens with zero attached hydrogens (tertiary/aromatic N) is 1. The molecule has 4 nitrogen and oxygen atoms in total. The van der Waals surface area contributed by atoms with Crippen LogP contribution in [-0.2, 0) is 6.42 Å². The van der Waals surface area contributed by atoms with Gasteiger partial charge in [-0.05, 0) is 70.1 Å². The molecule has 0 unspecified atom stereocenters. The topological polar surface area (TPSA) is 45.5 Å². The number of hydrogen-bond donors (Lipinski definition) is 1. The molecule has 3 aromatic rings. The SMILES string of the molecule is Cc1ccc(C)c2c(C)c(C(=O)Nc3ccc(CCN(C)C)cc3)oc12. The maximum atomic E-state index is 12.7. The molecule has 0 radical (unpaired) electrons. The highest BCUT2D eigenvalue weighted by Gasteiger charge is 2.20. The molecular formula is C22H26N2O2. The summed E-state index contributed by atoms with van der Waals surface area (Å²) in [5.41, 5.74) is 5.88. The lowest BCUT2D eigenvalue weighted by Crippen LogP contribution is -2.15. The number of benzene rings is 2. The fourth-order valence-corrected chi connectivity index (χ4v) is 3.19. The van der Waals surface area contributed by atoms with E-state index >= 15 is 0 Å².